The molecule has 0 bridgehead atoms. The zero-order chi connectivity index (χ0) is 14.7. The number of nitrogens with zero attached hydrogens (tertiary/aromatic N) is 3. The van der Waals surface area contributed by atoms with E-state index in [0.29, 0.717) is 12.5 Å². The van der Waals surface area contributed by atoms with Gasteiger partial charge in [-0.1, -0.05) is 0 Å². The van der Waals surface area contributed by atoms with Crippen molar-refractivity contribution in [2.75, 3.05) is 19.6 Å². The third-order valence-corrected chi connectivity index (χ3v) is 4.58. The summed E-state index contributed by atoms with van der Waals surface area (Å²) in [5.41, 5.74) is 5.60. The molecule has 2 atom stereocenters. The Balaban J connectivity index is 0.00000132. The maximum absolute atomic E-state index is 12.4. The lowest BCUT2D eigenvalue weighted by Crippen LogP contribution is -2.44. The highest BCUT2D eigenvalue weighted by Crippen LogP contribution is 2.24. The molecule has 0 radical (unpaired) electrons. The fraction of sp³-hybridized carbons (Fsp3) is 0.733. The van der Waals surface area contributed by atoms with Crippen LogP contribution in [0, 0.1) is 5.92 Å². The standard InChI is InChI=1S/C15H24N4O2.2ClH/c16-10-13-2-3-14(21-13)15(20)18-8-4-12(5-9-18)11-19-7-1-6-17-19;;/h1,6-7,12-14H,2-5,8-11,16H2;2*1H/t13-,14+;;/m1../s1. The molecule has 6 nitrogen and oxygen atoms in total. The molecule has 0 aliphatic carbocycles. The normalized spacial score (nSPS) is 24.8. The Labute approximate surface area is 149 Å². The Morgan fingerprint density at radius 1 is 1.22 bits per heavy atom. The largest absolute Gasteiger partial charge is 0.364 e. The van der Waals surface area contributed by atoms with Crippen molar-refractivity contribution in [1.29, 1.82) is 0 Å². The van der Waals surface area contributed by atoms with Crippen LogP contribution in [0.15, 0.2) is 18.5 Å². The fourth-order valence-electron chi connectivity index (χ4n) is 3.27. The van der Waals surface area contributed by atoms with Crippen molar-refractivity contribution in [2.45, 2.75) is 44.4 Å². The molecule has 3 heterocycles. The third-order valence-electron chi connectivity index (χ3n) is 4.58. The van der Waals surface area contributed by atoms with Crippen molar-refractivity contribution in [2.24, 2.45) is 11.7 Å². The molecule has 1 aromatic heterocycles. The van der Waals surface area contributed by atoms with E-state index >= 15 is 0 Å². The predicted molar refractivity (Wildman–Crippen MR) is 93.0 cm³/mol. The van der Waals surface area contributed by atoms with Crippen molar-refractivity contribution >= 4 is 30.7 Å². The van der Waals surface area contributed by atoms with Gasteiger partial charge in [0.2, 0.25) is 0 Å². The molecule has 3 rings (SSSR count). The molecule has 2 N–H and O–H groups in total. The van der Waals surface area contributed by atoms with Gasteiger partial charge in [0, 0.05) is 38.6 Å². The van der Waals surface area contributed by atoms with Gasteiger partial charge in [0.25, 0.3) is 5.91 Å². The van der Waals surface area contributed by atoms with Crippen molar-refractivity contribution in [3.05, 3.63) is 18.5 Å². The van der Waals surface area contributed by atoms with Gasteiger partial charge < -0.3 is 15.4 Å². The molecule has 2 aliphatic heterocycles. The van der Waals surface area contributed by atoms with Gasteiger partial charge in [-0.15, -0.1) is 24.8 Å². The summed E-state index contributed by atoms with van der Waals surface area (Å²) < 4.78 is 7.69. The van der Waals surface area contributed by atoms with Crippen molar-refractivity contribution in [3.63, 3.8) is 0 Å². The third kappa shape index (κ3) is 5.08. The lowest BCUT2D eigenvalue weighted by molar-refractivity contribution is -0.144. The number of likely N-dealkylation sites (tertiary alicyclic amines) is 1. The minimum atomic E-state index is -0.263. The molecule has 0 saturated carbocycles. The zero-order valence-corrected chi connectivity index (χ0v) is 14.8. The highest BCUT2D eigenvalue weighted by molar-refractivity contribution is 5.85. The summed E-state index contributed by atoms with van der Waals surface area (Å²) in [6.07, 6.45) is 7.41. The molecule has 132 valence electrons. The molecule has 0 spiro atoms. The van der Waals surface area contributed by atoms with Crippen molar-refractivity contribution in [1.82, 2.24) is 14.7 Å². The number of rotatable bonds is 4. The predicted octanol–water partition coefficient (Wildman–Crippen LogP) is 1.47. The Morgan fingerprint density at radius 2 is 1.96 bits per heavy atom. The Bertz CT molecular complexity index is 464. The van der Waals surface area contributed by atoms with E-state index in [1.165, 1.54) is 0 Å². The average Bonchev–Trinajstić information content (AvgIpc) is 3.18. The molecule has 8 heteroatoms. The molecule has 1 aromatic rings. The van der Waals surface area contributed by atoms with E-state index in [0.717, 1.165) is 45.3 Å². The van der Waals surface area contributed by atoms with Crippen molar-refractivity contribution in [3.8, 4) is 0 Å². The number of amides is 1. The minimum Gasteiger partial charge on any atom is -0.364 e. The second kappa shape index (κ2) is 9.47. The zero-order valence-electron chi connectivity index (χ0n) is 13.2. The first-order chi connectivity index (χ1) is 10.3. The summed E-state index contributed by atoms with van der Waals surface area (Å²) in [5.74, 6) is 0.763. The number of carbonyl (C=O) groups excluding carboxylic acids is 1. The molecule has 0 unspecified atom stereocenters. The summed E-state index contributed by atoms with van der Waals surface area (Å²) in [6, 6.07) is 1.95. The van der Waals surface area contributed by atoms with Crippen LogP contribution < -0.4 is 5.73 Å². The van der Waals surface area contributed by atoms with Gasteiger partial charge in [-0.2, -0.15) is 5.10 Å². The summed E-state index contributed by atoms with van der Waals surface area (Å²) in [4.78, 5) is 14.4. The summed E-state index contributed by atoms with van der Waals surface area (Å²) >= 11 is 0. The van der Waals surface area contributed by atoms with E-state index in [1.807, 2.05) is 28.0 Å². The molecule has 1 amide bonds. The number of piperidine rings is 1. The smallest absolute Gasteiger partial charge is 0.251 e. The number of carbonyl (C=O) groups is 1. The Morgan fingerprint density at radius 3 is 2.52 bits per heavy atom. The highest BCUT2D eigenvalue weighted by atomic mass is 35.5. The molecule has 2 saturated heterocycles. The van der Waals surface area contributed by atoms with Crippen molar-refractivity contribution < 1.29 is 9.53 Å². The van der Waals surface area contributed by atoms with Crippen LogP contribution >= 0.6 is 24.8 Å². The van der Waals surface area contributed by atoms with Crippen LogP contribution in [0.5, 0.6) is 0 Å². The van der Waals surface area contributed by atoms with Crippen LogP contribution in [-0.2, 0) is 16.1 Å². The van der Waals surface area contributed by atoms with Gasteiger partial charge in [0.1, 0.15) is 6.10 Å². The fourth-order valence-corrected chi connectivity index (χ4v) is 3.27. The molecule has 0 aromatic carbocycles. The topological polar surface area (TPSA) is 73.4 Å². The molecule has 2 aliphatic rings. The van der Waals surface area contributed by atoms with Crippen LogP contribution in [0.4, 0.5) is 0 Å². The van der Waals surface area contributed by atoms with E-state index in [2.05, 4.69) is 5.10 Å². The van der Waals surface area contributed by atoms with Crippen LogP contribution in [0.2, 0.25) is 0 Å². The monoisotopic (exact) mass is 364 g/mol. The first-order valence-corrected chi connectivity index (χ1v) is 7.88. The number of halogens is 2. The first kappa shape index (κ1) is 20.2. The summed E-state index contributed by atoms with van der Waals surface area (Å²) in [5, 5.41) is 4.25. The maximum atomic E-state index is 12.4. The van der Waals surface area contributed by atoms with Gasteiger partial charge in [0.05, 0.1) is 6.10 Å². The average molecular weight is 365 g/mol. The lowest BCUT2D eigenvalue weighted by atomic mass is 9.96. The highest BCUT2D eigenvalue weighted by Gasteiger charge is 2.34. The number of nitrogens with two attached hydrogens (primary N) is 1. The molecule has 2 fully saturated rings. The van der Waals surface area contributed by atoms with Gasteiger partial charge >= 0.3 is 0 Å². The number of aromatic nitrogens is 2. The van der Waals surface area contributed by atoms with E-state index in [-0.39, 0.29) is 42.9 Å². The SMILES string of the molecule is Cl.Cl.NC[C@H]1CC[C@@H](C(=O)N2CCC(Cn3cccn3)CC2)O1. The number of ether oxygens (including phenoxy) is 1. The number of hydrogen-bond acceptors (Lipinski definition) is 4. The van der Waals surface area contributed by atoms with Gasteiger partial charge in [-0.05, 0) is 37.7 Å². The second-order valence-corrected chi connectivity index (χ2v) is 6.06. The quantitative estimate of drug-likeness (QED) is 0.877. The Hall–Kier alpha value is -0.820. The van der Waals surface area contributed by atoms with E-state index in [9.17, 15) is 4.79 Å². The molecular formula is C15H26Cl2N4O2. The summed E-state index contributed by atoms with van der Waals surface area (Å²) in [6.45, 7) is 3.12. The van der Waals surface area contributed by atoms with E-state index in [4.69, 9.17) is 10.5 Å². The van der Waals surface area contributed by atoms with Crippen LogP contribution in [-0.4, -0.2) is 52.4 Å². The molecule has 23 heavy (non-hydrogen) atoms. The van der Waals surface area contributed by atoms with Crippen LogP contribution in [0.1, 0.15) is 25.7 Å². The summed E-state index contributed by atoms with van der Waals surface area (Å²) in [7, 11) is 0. The maximum Gasteiger partial charge on any atom is 0.251 e. The minimum absolute atomic E-state index is 0. The van der Waals surface area contributed by atoms with E-state index in [1.54, 1.807) is 0 Å². The lowest BCUT2D eigenvalue weighted by Gasteiger charge is -2.33. The number of hydrogen-bond donors (Lipinski definition) is 1. The van der Waals surface area contributed by atoms with Gasteiger partial charge in [-0.3, -0.25) is 9.48 Å². The second-order valence-electron chi connectivity index (χ2n) is 6.06. The molecular weight excluding hydrogens is 339 g/mol. The Kier molecular flexibility index (Phi) is 8.33. The van der Waals surface area contributed by atoms with Gasteiger partial charge in [-0.25, -0.2) is 0 Å². The van der Waals surface area contributed by atoms with Crippen LogP contribution in [0.3, 0.4) is 0 Å². The van der Waals surface area contributed by atoms with E-state index < -0.39 is 0 Å². The van der Waals surface area contributed by atoms with Crippen LogP contribution in [0.25, 0.3) is 0 Å². The first-order valence-electron chi connectivity index (χ1n) is 7.88. The van der Waals surface area contributed by atoms with Gasteiger partial charge in [0.15, 0.2) is 0 Å².